The van der Waals surface area contributed by atoms with Gasteiger partial charge in [0.05, 0.1) is 25.0 Å². The third-order valence-corrected chi connectivity index (χ3v) is 4.61. The van der Waals surface area contributed by atoms with Crippen LogP contribution in [-0.2, 0) is 11.3 Å². The van der Waals surface area contributed by atoms with E-state index in [4.69, 9.17) is 14.5 Å². The molecule has 1 unspecified atom stereocenters. The maximum Gasteiger partial charge on any atom is 0.123 e. The van der Waals surface area contributed by atoms with Gasteiger partial charge < -0.3 is 9.47 Å². The molecule has 0 spiro atoms. The molecule has 0 saturated carbocycles. The summed E-state index contributed by atoms with van der Waals surface area (Å²) in [5.74, 6) is 0.908. The molecule has 0 aliphatic carbocycles. The minimum Gasteiger partial charge on any atom is -0.494 e. The molecule has 1 aromatic carbocycles. The SMILES string of the molecule is CCOc1ccc(-c2nc(CN3CCOC(C)C3)cs2)cc1. The van der Waals surface area contributed by atoms with Crippen molar-refractivity contribution in [2.24, 2.45) is 0 Å². The fraction of sp³-hybridized carbons (Fsp3) is 0.471. The summed E-state index contributed by atoms with van der Waals surface area (Å²) in [5.41, 5.74) is 2.29. The smallest absolute Gasteiger partial charge is 0.123 e. The molecule has 1 aliphatic heterocycles. The zero-order chi connectivity index (χ0) is 15.4. The highest BCUT2D eigenvalue weighted by Crippen LogP contribution is 2.26. The topological polar surface area (TPSA) is 34.6 Å². The number of ether oxygens (including phenoxy) is 2. The van der Waals surface area contributed by atoms with Crippen LogP contribution in [0, 0.1) is 0 Å². The van der Waals surface area contributed by atoms with E-state index in [1.165, 1.54) is 0 Å². The Morgan fingerprint density at radius 2 is 2.18 bits per heavy atom. The minimum absolute atomic E-state index is 0.318. The molecule has 0 amide bonds. The van der Waals surface area contributed by atoms with E-state index in [1.54, 1.807) is 11.3 Å². The van der Waals surface area contributed by atoms with Gasteiger partial charge in [0, 0.05) is 30.6 Å². The van der Waals surface area contributed by atoms with Gasteiger partial charge in [0.25, 0.3) is 0 Å². The lowest BCUT2D eigenvalue weighted by molar-refractivity contribution is -0.0215. The summed E-state index contributed by atoms with van der Waals surface area (Å²) in [4.78, 5) is 7.18. The molecule has 0 radical (unpaired) electrons. The monoisotopic (exact) mass is 318 g/mol. The van der Waals surface area contributed by atoms with E-state index in [0.29, 0.717) is 12.7 Å². The molecule has 2 heterocycles. The first-order valence-corrected chi connectivity index (χ1v) is 8.64. The van der Waals surface area contributed by atoms with Crippen LogP contribution in [0.15, 0.2) is 29.6 Å². The van der Waals surface area contributed by atoms with Crippen LogP contribution in [0.5, 0.6) is 5.75 Å². The van der Waals surface area contributed by atoms with E-state index in [1.807, 2.05) is 19.1 Å². The second-order valence-corrected chi connectivity index (χ2v) is 6.38. The summed E-state index contributed by atoms with van der Waals surface area (Å²) >= 11 is 1.70. The first kappa shape index (κ1) is 15.5. The summed E-state index contributed by atoms with van der Waals surface area (Å²) in [6.45, 7) is 8.50. The second kappa shape index (κ2) is 7.22. The van der Waals surface area contributed by atoms with E-state index < -0.39 is 0 Å². The first-order chi connectivity index (χ1) is 10.7. The van der Waals surface area contributed by atoms with Gasteiger partial charge in [-0.05, 0) is 38.1 Å². The lowest BCUT2D eigenvalue weighted by atomic mass is 10.2. The predicted molar refractivity (Wildman–Crippen MR) is 89.4 cm³/mol. The molecular weight excluding hydrogens is 296 g/mol. The number of hydrogen-bond donors (Lipinski definition) is 0. The molecule has 1 aliphatic rings. The number of morpholine rings is 1. The largest absolute Gasteiger partial charge is 0.494 e. The molecule has 2 aromatic rings. The van der Waals surface area contributed by atoms with E-state index in [2.05, 4.69) is 29.3 Å². The Kier molecular flexibility index (Phi) is 5.08. The van der Waals surface area contributed by atoms with E-state index in [9.17, 15) is 0 Å². The lowest BCUT2D eigenvalue weighted by Crippen LogP contribution is -2.40. The average Bonchev–Trinajstić information content (AvgIpc) is 2.97. The Morgan fingerprint density at radius 1 is 1.36 bits per heavy atom. The summed E-state index contributed by atoms with van der Waals surface area (Å²) in [6, 6.07) is 8.15. The van der Waals surface area contributed by atoms with Crippen LogP contribution in [0.3, 0.4) is 0 Å². The predicted octanol–water partition coefficient (Wildman–Crippen LogP) is 3.43. The van der Waals surface area contributed by atoms with Crippen molar-refractivity contribution in [2.45, 2.75) is 26.5 Å². The van der Waals surface area contributed by atoms with Gasteiger partial charge in [-0.25, -0.2) is 4.98 Å². The van der Waals surface area contributed by atoms with Crippen LogP contribution in [0.25, 0.3) is 10.6 Å². The molecule has 0 bridgehead atoms. The molecular formula is C17H22N2O2S. The van der Waals surface area contributed by atoms with Crippen LogP contribution in [0.1, 0.15) is 19.5 Å². The maximum absolute atomic E-state index is 5.58. The molecule has 3 rings (SSSR count). The highest BCUT2D eigenvalue weighted by molar-refractivity contribution is 7.13. The van der Waals surface area contributed by atoms with E-state index in [-0.39, 0.29) is 0 Å². The van der Waals surface area contributed by atoms with Crippen LogP contribution in [-0.4, -0.2) is 42.3 Å². The Bertz CT molecular complexity index is 597. The van der Waals surface area contributed by atoms with Gasteiger partial charge in [-0.1, -0.05) is 0 Å². The van der Waals surface area contributed by atoms with Gasteiger partial charge in [-0.15, -0.1) is 11.3 Å². The molecule has 22 heavy (non-hydrogen) atoms. The third-order valence-electron chi connectivity index (χ3n) is 3.67. The lowest BCUT2D eigenvalue weighted by Gasteiger charge is -2.30. The van der Waals surface area contributed by atoms with Crippen molar-refractivity contribution in [1.29, 1.82) is 0 Å². The zero-order valence-corrected chi connectivity index (χ0v) is 13.9. The summed E-state index contributed by atoms with van der Waals surface area (Å²) in [7, 11) is 0. The average molecular weight is 318 g/mol. The number of thiazole rings is 1. The standard InChI is InChI=1S/C17H22N2O2S/c1-3-20-16-6-4-14(5-7-16)17-18-15(12-22-17)11-19-8-9-21-13(2)10-19/h4-7,12-13H,3,8-11H2,1-2H3. The third kappa shape index (κ3) is 3.85. The normalized spacial score (nSPS) is 19.3. The van der Waals surface area contributed by atoms with Crippen molar-refractivity contribution in [3.63, 3.8) is 0 Å². The molecule has 1 atom stereocenters. The fourth-order valence-electron chi connectivity index (χ4n) is 2.64. The number of hydrogen-bond acceptors (Lipinski definition) is 5. The van der Waals surface area contributed by atoms with Gasteiger partial charge in [0.15, 0.2) is 0 Å². The molecule has 1 saturated heterocycles. The Balaban J connectivity index is 1.65. The van der Waals surface area contributed by atoms with Crippen LogP contribution < -0.4 is 4.74 Å². The van der Waals surface area contributed by atoms with Crippen molar-refractivity contribution in [2.75, 3.05) is 26.3 Å². The van der Waals surface area contributed by atoms with Crippen LogP contribution >= 0.6 is 11.3 Å². The number of benzene rings is 1. The van der Waals surface area contributed by atoms with Crippen molar-refractivity contribution in [3.05, 3.63) is 35.3 Å². The Labute approximate surface area is 135 Å². The molecule has 5 heteroatoms. The van der Waals surface area contributed by atoms with Gasteiger partial charge in [-0.3, -0.25) is 4.90 Å². The zero-order valence-electron chi connectivity index (χ0n) is 13.1. The number of nitrogens with zero attached hydrogens (tertiary/aromatic N) is 2. The van der Waals surface area contributed by atoms with Gasteiger partial charge in [0.1, 0.15) is 10.8 Å². The van der Waals surface area contributed by atoms with E-state index >= 15 is 0 Å². The summed E-state index contributed by atoms with van der Waals surface area (Å²) in [6.07, 6.45) is 0.318. The van der Waals surface area contributed by atoms with Crippen molar-refractivity contribution >= 4 is 11.3 Å². The van der Waals surface area contributed by atoms with Crippen molar-refractivity contribution in [1.82, 2.24) is 9.88 Å². The Morgan fingerprint density at radius 3 is 2.91 bits per heavy atom. The van der Waals surface area contributed by atoms with Gasteiger partial charge >= 0.3 is 0 Å². The quantitative estimate of drug-likeness (QED) is 0.846. The summed E-state index contributed by atoms with van der Waals surface area (Å²) in [5, 5.41) is 3.23. The fourth-order valence-corrected chi connectivity index (χ4v) is 3.45. The van der Waals surface area contributed by atoms with Gasteiger partial charge in [0.2, 0.25) is 0 Å². The first-order valence-electron chi connectivity index (χ1n) is 7.76. The van der Waals surface area contributed by atoms with Gasteiger partial charge in [-0.2, -0.15) is 0 Å². The maximum atomic E-state index is 5.58. The molecule has 118 valence electrons. The van der Waals surface area contributed by atoms with Crippen LogP contribution in [0.4, 0.5) is 0 Å². The van der Waals surface area contributed by atoms with E-state index in [0.717, 1.165) is 48.3 Å². The Hall–Kier alpha value is -1.43. The minimum atomic E-state index is 0.318. The van der Waals surface area contributed by atoms with Crippen molar-refractivity contribution < 1.29 is 9.47 Å². The number of rotatable bonds is 5. The van der Waals surface area contributed by atoms with Crippen molar-refractivity contribution in [3.8, 4) is 16.3 Å². The number of aromatic nitrogens is 1. The molecule has 4 nitrogen and oxygen atoms in total. The molecule has 1 fully saturated rings. The molecule has 1 aromatic heterocycles. The van der Waals surface area contributed by atoms with Crippen LogP contribution in [0.2, 0.25) is 0 Å². The summed E-state index contributed by atoms with van der Waals surface area (Å²) < 4.78 is 11.1. The second-order valence-electron chi connectivity index (χ2n) is 5.52. The highest BCUT2D eigenvalue weighted by Gasteiger charge is 2.17. The molecule has 0 N–H and O–H groups in total. The highest BCUT2D eigenvalue weighted by atomic mass is 32.1.